The molecule has 3 atom stereocenters. The maximum absolute atomic E-state index is 13.6. The number of hydrogen-bond donors (Lipinski definition) is 1. The molecular formula is C24H19BrN2O5. The van der Waals surface area contributed by atoms with Gasteiger partial charge in [0.05, 0.1) is 24.5 Å². The zero-order valence-corrected chi connectivity index (χ0v) is 18.6. The molecule has 2 saturated heterocycles. The number of carbonyl (C=O) groups excluding carboxylic acids is 2. The molecule has 2 fully saturated rings. The number of halogens is 1. The Morgan fingerprint density at radius 3 is 2.41 bits per heavy atom. The quantitative estimate of drug-likeness (QED) is 0.547. The van der Waals surface area contributed by atoms with E-state index in [1.807, 2.05) is 36.4 Å². The first-order valence-corrected chi connectivity index (χ1v) is 10.8. The molecule has 0 bridgehead atoms. The fraction of sp³-hybridized carbons (Fsp3) is 0.167. The Labute approximate surface area is 192 Å². The lowest BCUT2D eigenvalue weighted by Crippen LogP contribution is -2.37. The number of phenolic OH excluding ortho intramolecular Hbond substituents is 1. The molecule has 2 aliphatic rings. The van der Waals surface area contributed by atoms with E-state index in [9.17, 15) is 14.7 Å². The van der Waals surface area contributed by atoms with Crippen LogP contribution < -0.4 is 14.7 Å². The first-order chi connectivity index (χ1) is 15.5. The van der Waals surface area contributed by atoms with Gasteiger partial charge in [-0.15, -0.1) is 0 Å². The summed E-state index contributed by atoms with van der Waals surface area (Å²) in [6, 6.07) is 20.7. The summed E-state index contributed by atoms with van der Waals surface area (Å²) >= 11 is 3.43. The highest BCUT2D eigenvalue weighted by Gasteiger charge is 2.60. The summed E-state index contributed by atoms with van der Waals surface area (Å²) in [5, 5.41) is 11.7. The van der Waals surface area contributed by atoms with Crippen LogP contribution in [0.25, 0.3) is 0 Å². The van der Waals surface area contributed by atoms with E-state index in [1.54, 1.807) is 35.4 Å². The van der Waals surface area contributed by atoms with Crippen molar-refractivity contribution in [2.24, 2.45) is 5.92 Å². The van der Waals surface area contributed by atoms with Gasteiger partial charge in [0.25, 0.3) is 5.91 Å². The van der Waals surface area contributed by atoms with Crippen LogP contribution in [0.15, 0.2) is 77.3 Å². The number of rotatable bonds is 4. The zero-order valence-electron chi connectivity index (χ0n) is 17.0. The number of hydroxylamine groups is 1. The molecule has 7 nitrogen and oxygen atoms in total. The van der Waals surface area contributed by atoms with Crippen molar-refractivity contribution in [1.29, 1.82) is 0 Å². The molecule has 2 heterocycles. The summed E-state index contributed by atoms with van der Waals surface area (Å²) in [6.07, 6.45) is -0.973. The fourth-order valence-electron chi connectivity index (χ4n) is 4.30. The van der Waals surface area contributed by atoms with Gasteiger partial charge in [0, 0.05) is 4.47 Å². The van der Waals surface area contributed by atoms with Crippen LogP contribution >= 0.6 is 15.9 Å². The van der Waals surface area contributed by atoms with Gasteiger partial charge in [0.15, 0.2) is 17.6 Å². The Kier molecular flexibility index (Phi) is 5.11. The van der Waals surface area contributed by atoms with E-state index in [1.165, 1.54) is 18.1 Å². The third-order valence-corrected chi connectivity index (χ3v) is 6.44. The highest BCUT2D eigenvalue weighted by molar-refractivity contribution is 9.10. The van der Waals surface area contributed by atoms with Crippen molar-refractivity contribution in [3.63, 3.8) is 0 Å². The number of benzene rings is 3. The van der Waals surface area contributed by atoms with E-state index in [2.05, 4.69) is 15.9 Å². The van der Waals surface area contributed by atoms with Crippen LogP contribution in [0.4, 0.5) is 11.4 Å². The SMILES string of the molecule is COc1cc([C@H]2[C@H]3C(=O)N(c4ccccc4Br)C(=O)[C@@H]3ON2c2ccccc2)ccc1O. The summed E-state index contributed by atoms with van der Waals surface area (Å²) in [6.45, 7) is 0. The van der Waals surface area contributed by atoms with Crippen molar-refractivity contribution in [2.45, 2.75) is 12.1 Å². The largest absolute Gasteiger partial charge is 0.504 e. The molecule has 0 radical (unpaired) electrons. The molecule has 5 rings (SSSR count). The van der Waals surface area contributed by atoms with Crippen LogP contribution in [0.3, 0.4) is 0 Å². The number of hydrogen-bond acceptors (Lipinski definition) is 6. The number of aromatic hydroxyl groups is 1. The second kappa shape index (κ2) is 7.96. The molecule has 2 aliphatic heterocycles. The van der Waals surface area contributed by atoms with Gasteiger partial charge in [-0.05, 0) is 57.9 Å². The van der Waals surface area contributed by atoms with Gasteiger partial charge in [-0.25, -0.2) is 9.96 Å². The standard InChI is InChI=1S/C24H19BrN2O5/c1-31-19-13-14(11-12-18(19)28)21-20-22(32-27(21)15-7-3-2-4-8-15)24(30)26(23(20)29)17-10-6-5-9-16(17)25/h2-13,20-22,28H,1H3/t20-,21+,22-/m1/s1. The molecule has 0 saturated carbocycles. The van der Waals surface area contributed by atoms with Crippen LogP contribution in [0.5, 0.6) is 11.5 Å². The number of amides is 2. The number of ether oxygens (including phenoxy) is 1. The molecule has 0 unspecified atom stereocenters. The van der Waals surface area contributed by atoms with Gasteiger partial charge in [-0.3, -0.25) is 14.4 Å². The number of anilines is 2. The lowest BCUT2D eigenvalue weighted by molar-refractivity contribution is -0.126. The van der Waals surface area contributed by atoms with E-state index in [0.29, 0.717) is 21.4 Å². The minimum absolute atomic E-state index is 0.0124. The Hall–Kier alpha value is -3.36. The van der Waals surface area contributed by atoms with Crippen LogP contribution in [-0.4, -0.2) is 30.1 Å². The maximum atomic E-state index is 13.6. The highest BCUT2D eigenvalue weighted by atomic mass is 79.9. The Morgan fingerprint density at radius 1 is 0.969 bits per heavy atom. The Balaban J connectivity index is 1.62. The predicted octanol–water partition coefficient (Wildman–Crippen LogP) is 4.21. The van der Waals surface area contributed by atoms with Gasteiger partial charge >= 0.3 is 0 Å². The van der Waals surface area contributed by atoms with Gasteiger partial charge in [-0.2, -0.15) is 0 Å². The van der Waals surface area contributed by atoms with Crippen molar-refractivity contribution < 1.29 is 24.3 Å². The highest BCUT2D eigenvalue weighted by Crippen LogP contribution is 2.49. The minimum Gasteiger partial charge on any atom is -0.504 e. The molecule has 162 valence electrons. The third kappa shape index (κ3) is 3.14. The molecule has 3 aromatic carbocycles. The number of imide groups is 1. The van der Waals surface area contributed by atoms with Gasteiger partial charge in [0.2, 0.25) is 5.91 Å². The fourth-order valence-corrected chi connectivity index (χ4v) is 4.76. The van der Waals surface area contributed by atoms with E-state index in [4.69, 9.17) is 9.57 Å². The molecule has 8 heteroatoms. The third-order valence-electron chi connectivity index (χ3n) is 5.76. The summed E-state index contributed by atoms with van der Waals surface area (Å²) in [7, 11) is 1.46. The minimum atomic E-state index is -0.973. The van der Waals surface area contributed by atoms with E-state index < -0.39 is 24.0 Å². The molecule has 32 heavy (non-hydrogen) atoms. The van der Waals surface area contributed by atoms with Crippen molar-refractivity contribution in [3.8, 4) is 11.5 Å². The second-order valence-electron chi connectivity index (χ2n) is 7.55. The summed E-state index contributed by atoms with van der Waals surface area (Å²) in [4.78, 5) is 34.3. The lowest BCUT2D eigenvalue weighted by atomic mass is 9.90. The van der Waals surface area contributed by atoms with Crippen LogP contribution in [0.1, 0.15) is 11.6 Å². The Morgan fingerprint density at radius 2 is 1.69 bits per heavy atom. The lowest BCUT2D eigenvalue weighted by Gasteiger charge is -2.29. The average molecular weight is 495 g/mol. The zero-order chi connectivity index (χ0) is 22.4. The van der Waals surface area contributed by atoms with Crippen molar-refractivity contribution in [2.75, 3.05) is 17.1 Å². The van der Waals surface area contributed by atoms with Crippen LogP contribution in [-0.2, 0) is 14.4 Å². The number of para-hydroxylation sites is 2. The van der Waals surface area contributed by atoms with Crippen LogP contribution in [0, 0.1) is 5.92 Å². The predicted molar refractivity (Wildman–Crippen MR) is 121 cm³/mol. The normalized spacial score (nSPS) is 22.4. The molecule has 1 N–H and O–H groups in total. The molecular weight excluding hydrogens is 476 g/mol. The summed E-state index contributed by atoms with van der Waals surface area (Å²) < 4.78 is 5.92. The van der Waals surface area contributed by atoms with E-state index >= 15 is 0 Å². The first kappa shape index (κ1) is 20.5. The number of methoxy groups -OCH3 is 1. The van der Waals surface area contributed by atoms with Crippen molar-refractivity contribution in [3.05, 3.63) is 82.8 Å². The summed E-state index contributed by atoms with van der Waals surface area (Å²) in [5.41, 5.74) is 1.88. The van der Waals surface area contributed by atoms with Crippen molar-refractivity contribution >= 4 is 39.1 Å². The van der Waals surface area contributed by atoms with Crippen LogP contribution in [0.2, 0.25) is 0 Å². The van der Waals surface area contributed by atoms with E-state index in [-0.39, 0.29) is 17.4 Å². The maximum Gasteiger partial charge on any atom is 0.266 e. The number of fused-ring (bicyclic) bond motifs is 1. The smallest absolute Gasteiger partial charge is 0.266 e. The molecule has 3 aromatic rings. The number of carbonyl (C=O) groups is 2. The monoisotopic (exact) mass is 494 g/mol. The van der Waals surface area contributed by atoms with Gasteiger partial charge in [-0.1, -0.05) is 36.4 Å². The average Bonchev–Trinajstić information content (AvgIpc) is 3.31. The number of phenols is 1. The molecule has 0 aliphatic carbocycles. The molecule has 0 spiro atoms. The molecule has 2 amide bonds. The van der Waals surface area contributed by atoms with Gasteiger partial charge in [0.1, 0.15) is 5.92 Å². The van der Waals surface area contributed by atoms with Crippen molar-refractivity contribution in [1.82, 2.24) is 0 Å². The van der Waals surface area contributed by atoms with Gasteiger partial charge < -0.3 is 9.84 Å². The second-order valence-corrected chi connectivity index (χ2v) is 8.41. The van der Waals surface area contributed by atoms with E-state index in [0.717, 1.165) is 0 Å². The first-order valence-electron chi connectivity index (χ1n) is 10.0. The number of nitrogens with zero attached hydrogens (tertiary/aromatic N) is 2. The molecule has 0 aromatic heterocycles. The Bertz CT molecular complexity index is 1200. The summed E-state index contributed by atoms with van der Waals surface area (Å²) in [5.74, 6) is -1.27. The topological polar surface area (TPSA) is 79.3 Å².